The molecule has 1 rings (SSSR count). The molecule has 1 atom stereocenters. The molecule has 1 unspecified atom stereocenters. The van der Waals surface area contributed by atoms with Crippen molar-refractivity contribution in [2.75, 3.05) is 6.61 Å². The minimum Gasteiger partial charge on any atom is -0.331 e. The van der Waals surface area contributed by atoms with Crippen molar-refractivity contribution < 1.29 is 9.09 Å². The van der Waals surface area contributed by atoms with Gasteiger partial charge in [0, 0.05) is 6.16 Å². The van der Waals surface area contributed by atoms with Gasteiger partial charge in [0.15, 0.2) is 8.03 Å². The first-order chi connectivity index (χ1) is 6.24. The second-order valence-electron chi connectivity index (χ2n) is 2.91. The Balaban J connectivity index is 2.63. The molecule has 13 heavy (non-hydrogen) atoms. The third kappa shape index (κ3) is 3.33. The lowest BCUT2D eigenvalue weighted by Gasteiger charge is -2.04. The van der Waals surface area contributed by atoms with Crippen LogP contribution in [0.2, 0.25) is 0 Å². The summed E-state index contributed by atoms with van der Waals surface area (Å²) in [4.78, 5) is 0. The molecule has 0 aromatic heterocycles. The summed E-state index contributed by atoms with van der Waals surface area (Å²) in [5.41, 5.74) is 2.31. The lowest BCUT2D eigenvalue weighted by atomic mass is 10.1. The normalized spacial score (nSPS) is 12.8. The Kier molecular flexibility index (Phi) is 4.20. The number of hydrogen-bond acceptors (Lipinski definition) is 2. The second-order valence-corrected chi connectivity index (χ2v) is 4.29. The van der Waals surface area contributed by atoms with Crippen molar-refractivity contribution >= 4 is 8.03 Å². The van der Waals surface area contributed by atoms with Crippen LogP contribution in [0.15, 0.2) is 24.3 Å². The van der Waals surface area contributed by atoms with Crippen LogP contribution in [0.25, 0.3) is 0 Å². The predicted molar refractivity (Wildman–Crippen MR) is 55.5 cm³/mol. The summed E-state index contributed by atoms with van der Waals surface area (Å²) >= 11 is 0. The smallest absolute Gasteiger partial charge is 0.195 e. The molecule has 0 saturated carbocycles. The monoisotopic (exact) mass is 198 g/mol. The summed E-state index contributed by atoms with van der Waals surface area (Å²) < 4.78 is 16.4. The predicted octanol–water partition coefficient (Wildman–Crippen LogP) is 3.01. The van der Waals surface area contributed by atoms with Crippen LogP contribution < -0.4 is 0 Å². The molecular formula is C10H15O2P. The first-order valence-corrected chi connectivity index (χ1v) is 5.96. The van der Waals surface area contributed by atoms with Crippen LogP contribution >= 0.6 is 8.03 Å². The zero-order valence-corrected chi connectivity index (χ0v) is 9.04. The van der Waals surface area contributed by atoms with E-state index in [0.29, 0.717) is 12.8 Å². The van der Waals surface area contributed by atoms with Crippen molar-refractivity contribution in [3.05, 3.63) is 35.4 Å². The van der Waals surface area contributed by atoms with Crippen LogP contribution in [0.1, 0.15) is 18.1 Å². The number of benzene rings is 1. The average molecular weight is 198 g/mol. The minimum atomic E-state index is -1.86. The van der Waals surface area contributed by atoms with Gasteiger partial charge in [0.25, 0.3) is 0 Å². The molecule has 3 heteroatoms. The Morgan fingerprint density at radius 2 is 2.08 bits per heavy atom. The molecule has 0 radical (unpaired) electrons. The standard InChI is InChI=1S/C10H15O2P/c1-3-12-13(11)8-10-7-5-4-6-9(10)2/h4-7,13H,3,8H2,1-2H3. The Morgan fingerprint density at radius 3 is 2.69 bits per heavy atom. The van der Waals surface area contributed by atoms with Gasteiger partial charge in [-0.1, -0.05) is 24.3 Å². The fourth-order valence-corrected chi connectivity index (χ4v) is 2.31. The molecule has 1 aromatic rings. The van der Waals surface area contributed by atoms with Gasteiger partial charge < -0.3 is 4.52 Å². The van der Waals surface area contributed by atoms with E-state index in [-0.39, 0.29) is 0 Å². The molecule has 0 aliphatic carbocycles. The highest BCUT2D eigenvalue weighted by Gasteiger charge is 2.02. The van der Waals surface area contributed by atoms with Crippen LogP contribution in [0.3, 0.4) is 0 Å². The van der Waals surface area contributed by atoms with Gasteiger partial charge in [-0.15, -0.1) is 0 Å². The van der Waals surface area contributed by atoms with Gasteiger partial charge in [-0.3, -0.25) is 4.57 Å². The Bertz CT molecular complexity index is 297. The molecule has 0 aliphatic heterocycles. The zero-order chi connectivity index (χ0) is 9.68. The maximum absolute atomic E-state index is 11.3. The second kappa shape index (κ2) is 5.21. The topological polar surface area (TPSA) is 26.3 Å². The first kappa shape index (κ1) is 10.5. The third-order valence-electron chi connectivity index (χ3n) is 1.90. The van der Waals surface area contributed by atoms with Gasteiger partial charge in [0.1, 0.15) is 0 Å². The lowest BCUT2D eigenvalue weighted by Crippen LogP contribution is -1.87. The molecule has 0 fully saturated rings. The summed E-state index contributed by atoms with van der Waals surface area (Å²) in [6, 6.07) is 7.97. The number of hydrogen-bond donors (Lipinski definition) is 0. The largest absolute Gasteiger partial charge is 0.331 e. The van der Waals surface area contributed by atoms with Crippen LogP contribution in [0.4, 0.5) is 0 Å². The van der Waals surface area contributed by atoms with Crippen molar-refractivity contribution in [1.29, 1.82) is 0 Å². The Hall–Kier alpha value is -0.590. The maximum Gasteiger partial charge on any atom is 0.195 e. The molecule has 2 nitrogen and oxygen atoms in total. The molecule has 0 heterocycles. The van der Waals surface area contributed by atoms with Gasteiger partial charge >= 0.3 is 0 Å². The van der Waals surface area contributed by atoms with E-state index in [1.807, 2.05) is 38.1 Å². The summed E-state index contributed by atoms with van der Waals surface area (Å²) in [7, 11) is -1.86. The summed E-state index contributed by atoms with van der Waals surface area (Å²) in [5.74, 6) is 0. The highest BCUT2D eigenvalue weighted by atomic mass is 31.1. The van der Waals surface area contributed by atoms with Crippen LogP contribution in [-0.4, -0.2) is 6.61 Å². The molecule has 1 aromatic carbocycles. The Labute approximate surface area is 79.8 Å². The molecule has 0 saturated heterocycles. The summed E-state index contributed by atoms with van der Waals surface area (Å²) in [6.45, 7) is 4.42. The van der Waals surface area contributed by atoms with Gasteiger partial charge in [0.05, 0.1) is 6.61 Å². The van der Waals surface area contributed by atoms with Gasteiger partial charge in [0.2, 0.25) is 0 Å². The molecule has 0 aliphatic rings. The van der Waals surface area contributed by atoms with Crippen molar-refractivity contribution in [3.63, 3.8) is 0 Å². The molecule has 0 bridgehead atoms. The average Bonchev–Trinajstić information content (AvgIpc) is 2.09. The van der Waals surface area contributed by atoms with E-state index in [9.17, 15) is 4.57 Å². The molecular weight excluding hydrogens is 183 g/mol. The maximum atomic E-state index is 11.3. The van der Waals surface area contributed by atoms with Crippen LogP contribution in [-0.2, 0) is 15.3 Å². The van der Waals surface area contributed by atoms with E-state index < -0.39 is 8.03 Å². The zero-order valence-electron chi connectivity index (χ0n) is 8.04. The van der Waals surface area contributed by atoms with Crippen molar-refractivity contribution in [2.45, 2.75) is 20.0 Å². The summed E-state index contributed by atoms with van der Waals surface area (Å²) in [5, 5.41) is 0. The molecule has 0 amide bonds. The van der Waals surface area contributed by atoms with Crippen LogP contribution in [0, 0.1) is 6.92 Å². The SMILES string of the molecule is CCO[PH](=O)Cc1ccccc1C. The van der Waals surface area contributed by atoms with Gasteiger partial charge in [-0.05, 0) is 25.0 Å². The van der Waals surface area contributed by atoms with Crippen molar-refractivity contribution in [3.8, 4) is 0 Å². The van der Waals surface area contributed by atoms with Gasteiger partial charge in [-0.2, -0.15) is 0 Å². The van der Waals surface area contributed by atoms with E-state index in [0.717, 1.165) is 5.56 Å². The number of rotatable bonds is 4. The van der Waals surface area contributed by atoms with Crippen molar-refractivity contribution in [2.24, 2.45) is 0 Å². The van der Waals surface area contributed by atoms with E-state index in [4.69, 9.17) is 4.52 Å². The molecule has 0 spiro atoms. The minimum absolute atomic E-state index is 0.531. The fourth-order valence-electron chi connectivity index (χ4n) is 1.18. The van der Waals surface area contributed by atoms with Crippen LogP contribution in [0.5, 0.6) is 0 Å². The van der Waals surface area contributed by atoms with E-state index in [1.54, 1.807) is 0 Å². The summed E-state index contributed by atoms with van der Waals surface area (Å²) in [6.07, 6.45) is 0.561. The third-order valence-corrected chi connectivity index (χ3v) is 3.18. The van der Waals surface area contributed by atoms with E-state index in [2.05, 4.69) is 0 Å². The fraction of sp³-hybridized carbons (Fsp3) is 0.400. The van der Waals surface area contributed by atoms with Crippen molar-refractivity contribution in [1.82, 2.24) is 0 Å². The molecule has 72 valence electrons. The Morgan fingerprint density at radius 1 is 1.38 bits per heavy atom. The van der Waals surface area contributed by atoms with E-state index >= 15 is 0 Å². The lowest BCUT2D eigenvalue weighted by molar-refractivity contribution is 0.350. The highest BCUT2D eigenvalue weighted by molar-refractivity contribution is 7.38. The number of aryl methyl sites for hydroxylation is 1. The molecule has 0 N–H and O–H groups in total. The highest BCUT2D eigenvalue weighted by Crippen LogP contribution is 2.28. The quantitative estimate of drug-likeness (QED) is 0.695. The van der Waals surface area contributed by atoms with E-state index in [1.165, 1.54) is 5.56 Å². The van der Waals surface area contributed by atoms with Gasteiger partial charge in [-0.25, -0.2) is 0 Å². The first-order valence-electron chi connectivity index (χ1n) is 4.44.